The molecule has 0 spiro atoms. The Kier molecular flexibility index (Phi) is 7.05. The lowest BCUT2D eigenvalue weighted by atomic mass is 9.96. The average Bonchev–Trinajstić information content (AvgIpc) is 3.14. The number of ether oxygens (including phenoxy) is 2. The van der Waals surface area contributed by atoms with Gasteiger partial charge in [-0.05, 0) is 36.1 Å². The molecule has 3 amide bonds. The highest BCUT2D eigenvalue weighted by molar-refractivity contribution is 6.32. The van der Waals surface area contributed by atoms with E-state index >= 15 is 0 Å². The number of carbonyl (C=O) groups excluding carboxylic acids is 2. The molecule has 3 N–H and O–H groups in total. The lowest BCUT2D eigenvalue weighted by molar-refractivity contribution is -0.127. The molecule has 0 bridgehead atoms. The highest BCUT2D eigenvalue weighted by Crippen LogP contribution is 2.38. The van der Waals surface area contributed by atoms with Crippen LogP contribution < -0.4 is 25.4 Å². The minimum Gasteiger partial charge on any atom is -0.489 e. The molecule has 2 aromatic rings. The molecule has 7 nitrogen and oxygen atoms in total. The van der Waals surface area contributed by atoms with Crippen LogP contribution in [0.4, 0.5) is 4.79 Å². The van der Waals surface area contributed by atoms with Gasteiger partial charge in [-0.1, -0.05) is 54.8 Å². The summed E-state index contributed by atoms with van der Waals surface area (Å²) in [4.78, 5) is 25.7. The third kappa shape index (κ3) is 5.27. The fourth-order valence-electron chi connectivity index (χ4n) is 4.16. The van der Waals surface area contributed by atoms with Crippen LogP contribution in [-0.4, -0.2) is 30.7 Å². The fraction of sp³-hybridized carbons (Fsp3) is 0.417. The molecular weight excluding hydrogens is 430 g/mol. The first-order chi connectivity index (χ1) is 15.6. The summed E-state index contributed by atoms with van der Waals surface area (Å²) in [6, 6.07) is 12.9. The van der Waals surface area contributed by atoms with Crippen molar-refractivity contribution in [2.45, 2.75) is 50.7 Å². The first-order valence-corrected chi connectivity index (χ1v) is 11.4. The van der Waals surface area contributed by atoms with Crippen LogP contribution in [0.1, 0.15) is 43.2 Å². The van der Waals surface area contributed by atoms with Gasteiger partial charge in [0.05, 0.1) is 18.2 Å². The van der Waals surface area contributed by atoms with E-state index in [2.05, 4.69) is 16.0 Å². The SMILES string of the molecule is O=C(NCc1ccccc1)NC1(C(=O)NCc2cc(Cl)c3c(c2)OCCCO3)CCCC1. The normalized spacial score (nSPS) is 16.7. The Morgan fingerprint density at radius 1 is 0.906 bits per heavy atom. The van der Waals surface area contributed by atoms with Gasteiger partial charge in [0.1, 0.15) is 5.54 Å². The molecular formula is C24H28ClN3O4. The Morgan fingerprint density at radius 2 is 1.62 bits per heavy atom. The second kappa shape index (κ2) is 10.1. The molecule has 1 aliphatic carbocycles. The van der Waals surface area contributed by atoms with Crippen molar-refractivity contribution in [1.82, 2.24) is 16.0 Å². The number of rotatable bonds is 6. The monoisotopic (exact) mass is 457 g/mol. The first-order valence-electron chi connectivity index (χ1n) is 11.0. The average molecular weight is 458 g/mol. The number of carbonyl (C=O) groups is 2. The van der Waals surface area contributed by atoms with Gasteiger partial charge in [-0.2, -0.15) is 0 Å². The van der Waals surface area contributed by atoms with Crippen LogP contribution in [-0.2, 0) is 17.9 Å². The van der Waals surface area contributed by atoms with Gasteiger partial charge in [0.25, 0.3) is 0 Å². The third-order valence-corrected chi connectivity index (χ3v) is 6.14. The summed E-state index contributed by atoms with van der Waals surface area (Å²) < 4.78 is 11.4. The number of nitrogens with one attached hydrogen (secondary N) is 3. The molecule has 0 radical (unpaired) electrons. The summed E-state index contributed by atoms with van der Waals surface area (Å²) in [5.74, 6) is 0.949. The summed E-state index contributed by atoms with van der Waals surface area (Å²) in [6.07, 6.45) is 3.79. The molecule has 0 unspecified atom stereocenters. The van der Waals surface area contributed by atoms with Crippen LogP contribution in [0.2, 0.25) is 5.02 Å². The highest BCUT2D eigenvalue weighted by atomic mass is 35.5. The van der Waals surface area contributed by atoms with Gasteiger partial charge >= 0.3 is 6.03 Å². The first kappa shape index (κ1) is 22.3. The molecule has 1 saturated carbocycles. The van der Waals surface area contributed by atoms with E-state index in [1.54, 1.807) is 6.07 Å². The molecule has 4 rings (SSSR count). The van der Waals surface area contributed by atoms with Gasteiger partial charge in [-0.25, -0.2) is 4.79 Å². The van der Waals surface area contributed by atoms with E-state index in [9.17, 15) is 9.59 Å². The summed E-state index contributed by atoms with van der Waals surface area (Å²) >= 11 is 6.36. The number of amides is 3. The Balaban J connectivity index is 1.37. The van der Waals surface area contributed by atoms with Crippen LogP contribution >= 0.6 is 11.6 Å². The lowest BCUT2D eigenvalue weighted by Crippen LogP contribution is -2.59. The number of benzene rings is 2. The number of halogens is 1. The Bertz CT molecular complexity index is 961. The molecule has 0 saturated heterocycles. The molecule has 1 heterocycles. The zero-order valence-corrected chi connectivity index (χ0v) is 18.7. The standard InChI is InChI=1S/C24H28ClN3O4/c25-19-13-18(14-20-21(19)32-12-6-11-31-20)16-26-22(29)24(9-4-5-10-24)28-23(30)27-15-17-7-2-1-3-8-17/h1-3,7-8,13-14H,4-6,9-12,15-16H2,(H,26,29)(H2,27,28,30). The van der Waals surface area contributed by atoms with Crippen LogP contribution in [0.15, 0.2) is 42.5 Å². The summed E-state index contributed by atoms with van der Waals surface area (Å²) in [6.45, 7) is 1.80. The maximum Gasteiger partial charge on any atom is 0.315 e. The summed E-state index contributed by atoms with van der Waals surface area (Å²) in [5, 5.41) is 9.22. The van der Waals surface area contributed by atoms with Crippen molar-refractivity contribution in [3.63, 3.8) is 0 Å². The van der Waals surface area contributed by atoms with Gasteiger partial charge in [0.15, 0.2) is 11.5 Å². The Morgan fingerprint density at radius 3 is 2.41 bits per heavy atom. The third-order valence-electron chi connectivity index (χ3n) is 5.86. The highest BCUT2D eigenvalue weighted by Gasteiger charge is 2.42. The molecule has 1 aliphatic heterocycles. The van der Waals surface area contributed by atoms with E-state index in [-0.39, 0.29) is 18.5 Å². The van der Waals surface area contributed by atoms with Crippen LogP contribution in [0, 0.1) is 0 Å². The smallest absolute Gasteiger partial charge is 0.315 e. The van der Waals surface area contributed by atoms with Crippen molar-refractivity contribution in [2.24, 2.45) is 0 Å². The van der Waals surface area contributed by atoms with E-state index in [1.165, 1.54) is 0 Å². The van der Waals surface area contributed by atoms with Gasteiger partial charge in [0.2, 0.25) is 5.91 Å². The van der Waals surface area contributed by atoms with E-state index in [0.29, 0.717) is 49.1 Å². The molecule has 2 aromatic carbocycles. The molecule has 0 aromatic heterocycles. The van der Waals surface area contributed by atoms with Crippen molar-refractivity contribution in [3.05, 3.63) is 58.6 Å². The topological polar surface area (TPSA) is 88.7 Å². The maximum atomic E-state index is 13.1. The van der Waals surface area contributed by atoms with E-state index < -0.39 is 5.54 Å². The van der Waals surface area contributed by atoms with Crippen molar-refractivity contribution in [1.29, 1.82) is 0 Å². The minimum absolute atomic E-state index is 0.187. The molecule has 0 atom stereocenters. The molecule has 8 heteroatoms. The molecule has 170 valence electrons. The van der Waals surface area contributed by atoms with Gasteiger partial charge in [0, 0.05) is 19.5 Å². The number of hydrogen-bond acceptors (Lipinski definition) is 4. The van der Waals surface area contributed by atoms with Gasteiger partial charge < -0.3 is 25.4 Å². The Labute approximate surface area is 192 Å². The minimum atomic E-state index is -0.907. The zero-order chi connectivity index (χ0) is 22.4. The second-order valence-corrected chi connectivity index (χ2v) is 8.63. The molecule has 2 aliphatic rings. The number of fused-ring (bicyclic) bond motifs is 1. The predicted molar refractivity (Wildman–Crippen MR) is 122 cm³/mol. The van der Waals surface area contributed by atoms with E-state index in [4.69, 9.17) is 21.1 Å². The number of urea groups is 1. The summed E-state index contributed by atoms with van der Waals surface area (Å²) in [5.41, 5.74) is 0.906. The zero-order valence-electron chi connectivity index (χ0n) is 17.9. The van der Waals surface area contributed by atoms with Gasteiger partial charge in [-0.15, -0.1) is 0 Å². The van der Waals surface area contributed by atoms with Crippen molar-refractivity contribution in [2.75, 3.05) is 13.2 Å². The van der Waals surface area contributed by atoms with Gasteiger partial charge in [-0.3, -0.25) is 4.79 Å². The molecule has 32 heavy (non-hydrogen) atoms. The second-order valence-electron chi connectivity index (χ2n) is 8.22. The number of hydrogen-bond donors (Lipinski definition) is 3. The van der Waals surface area contributed by atoms with Crippen LogP contribution in [0.25, 0.3) is 0 Å². The van der Waals surface area contributed by atoms with E-state index in [0.717, 1.165) is 30.4 Å². The van der Waals surface area contributed by atoms with E-state index in [1.807, 2.05) is 36.4 Å². The Hall–Kier alpha value is -2.93. The van der Waals surface area contributed by atoms with Crippen molar-refractivity contribution >= 4 is 23.5 Å². The predicted octanol–water partition coefficient (Wildman–Crippen LogP) is 3.93. The largest absolute Gasteiger partial charge is 0.489 e. The van der Waals surface area contributed by atoms with Crippen LogP contribution in [0.3, 0.4) is 0 Å². The van der Waals surface area contributed by atoms with Crippen molar-refractivity contribution < 1.29 is 19.1 Å². The lowest BCUT2D eigenvalue weighted by Gasteiger charge is -2.29. The molecule has 1 fully saturated rings. The maximum absolute atomic E-state index is 13.1. The summed E-state index contributed by atoms with van der Waals surface area (Å²) in [7, 11) is 0. The fourth-order valence-corrected chi connectivity index (χ4v) is 4.45. The van der Waals surface area contributed by atoms with Crippen molar-refractivity contribution in [3.8, 4) is 11.5 Å². The van der Waals surface area contributed by atoms with Crippen LogP contribution in [0.5, 0.6) is 11.5 Å². The quantitative estimate of drug-likeness (QED) is 0.613.